The largest absolute Gasteiger partial charge is 0.397 e. The second kappa shape index (κ2) is 5.54. The molecule has 1 aromatic heterocycles. The number of halogens is 1. The third-order valence-corrected chi connectivity index (χ3v) is 3.72. The van der Waals surface area contributed by atoms with Crippen LogP contribution in [0, 0.1) is 0 Å². The summed E-state index contributed by atoms with van der Waals surface area (Å²) in [7, 11) is 0. The standard InChI is InChI=1S/C15H15BrN4/c16-11-2-4-13(12(17)8-11)18-6-5-10-1-3-14-15(7-10)20-9-19-14/h1-4,7-9,18H,5-6,17H2,(H,19,20). The van der Waals surface area contributed by atoms with Gasteiger partial charge in [0.25, 0.3) is 0 Å². The molecule has 102 valence electrons. The number of anilines is 2. The van der Waals surface area contributed by atoms with E-state index in [1.54, 1.807) is 6.33 Å². The highest BCUT2D eigenvalue weighted by molar-refractivity contribution is 9.10. The summed E-state index contributed by atoms with van der Waals surface area (Å²) in [5.41, 5.74) is 11.0. The van der Waals surface area contributed by atoms with Crippen LogP contribution in [-0.4, -0.2) is 16.5 Å². The first-order valence-corrected chi connectivity index (χ1v) is 7.22. The van der Waals surface area contributed by atoms with Crippen molar-refractivity contribution in [2.24, 2.45) is 0 Å². The number of aromatic nitrogens is 2. The lowest BCUT2D eigenvalue weighted by molar-refractivity contribution is 1.02. The maximum Gasteiger partial charge on any atom is 0.0931 e. The number of imidazole rings is 1. The fourth-order valence-electron chi connectivity index (χ4n) is 2.17. The Labute approximate surface area is 125 Å². The zero-order chi connectivity index (χ0) is 13.9. The predicted molar refractivity (Wildman–Crippen MR) is 86.8 cm³/mol. The van der Waals surface area contributed by atoms with Crippen LogP contribution in [0.15, 0.2) is 47.2 Å². The zero-order valence-corrected chi connectivity index (χ0v) is 12.4. The number of rotatable bonds is 4. The molecule has 0 fully saturated rings. The molecule has 20 heavy (non-hydrogen) atoms. The van der Waals surface area contributed by atoms with Gasteiger partial charge in [0, 0.05) is 11.0 Å². The average molecular weight is 331 g/mol. The Kier molecular flexibility index (Phi) is 3.60. The summed E-state index contributed by atoms with van der Waals surface area (Å²) in [4.78, 5) is 7.34. The number of nitrogens with one attached hydrogen (secondary N) is 2. The number of fused-ring (bicyclic) bond motifs is 1. The molecule has 0 bridgehead atoms. The van der Waals surface area contributed by atoms with Crippen LogP contribution in [0.25, 0.3) is 11.0 Å². The molecule has 4 nitrogen and oxygen atoms in total. The first-order valence-electron chi connectivity index (χ1n) is 6.43. The van der Waals surface area contributed by atoms with Gasteiger partial charge in [0.15, 0.2) is 0 Å². The number of hydrogen-bond donors (Lipinski definition) is 3. The summed E-state index contributed by atoms with van der Waals surface area (Å²) in [6, 6.07) is 12.1. The van der Waals surface area contributed by atoms with E-state index in [1.807, 2.05) is 24.3 Å². The number of nitrogens with zero attached hydrogens (tertiary/aromatic N) is 1. The van der Waals surface area contributed by atoms with Gasteiger partial charge >= 0.3 is 0 Å². The van der Waals surface area contributed by atoms with Crippen molar-refractivity contribution in [2.75, 3.05) is 17.6 Å². The molecule has 0 radical (unpaired) electrons. The SMILES string of the molecule is Nc1cc(Br)ccc1NCCc1ccc2nc[nH]c2c1. The maximum atomic E-state index is 5.96. The Morgan fingerprint density at radius 3 is 2.95 bits per heavy atom. The molecule has 0 saturated carbocycles. The molecule has 0 amide bonds. The monoisotopic (exact) mass is 330 g/mol. The van der Waals surface area contributed by atoms with E-state index in [1.165, 1.54) is 5.56 Å². The summed E-state index contributed by atoms with van der Waals surface area (Å²) in [6.07, 6.45) is 2.65. The predicted octanol–water partition coefficient (Wildman–Crippen LogP) is 3.56. The Bertz CT molecular complexity index is 736. The topological polar surface area (TPSA) is 66.7 Å². The Balaban J connectivity index is 1.64. The highest BCUT2D eigenvalue weighted by atomic mass is 79.9. The maximum absolute atomic E-state index is 5.96. The zero-order valence-electron chi connectivity index (χ0n) is 10.9. The van der Waals surface area contributed by atoms with Gasteiger partial charge in [-0.3, -0.25) is 0 Å². The van der Waals surface area contributed by atoms with E-state index in [0.29, 0.717) is 0 Å². The summed E-state index contributed by atoms with van der Waals surface area (Å²) in [5.74, 6) is 0. The third-order valence-electron chi connectivity index (χ3n) is 3.23. The summed E-state index contributed by atoms with van der Waals surface area (Å²) in [6.45, 7) is 0.839. The van der Waals surface area contributed by atoms with Gasteiger partial charge in [-0.1, -0.05) is 22.0 Å². The molecule has 5 heteroatoms. The first-order chi connectivity index (χ1) is 9.72. The molecule has 0 unspecified atom stereocenters. The minimum Gasteiger partial charge on any atom is -0.397 e. The Morgan fingerprint density at radius 1 is 1.20 bits per heavy atom. The van der Waals surface area contributed by atoms with Crippen molar-refractivity contribution in [2.45, 2.75) is 6.42 Å². The minimum atomic E-state index is 0.753. The van der Waals surface area contributed by atoms with E-state index < -0.39 is 0 Å². The van der Waals surface area contributed by atoms with Crippen molar-refractivity contribution < 1.29 is 0 Å². The van der Waals surface area contributed by atoms with Crippen LogP contribution < -0.4 is 11.1 Å². The highest BCUT2D eigenvalue weighted by Gasteiger charge is 2.01. The molecular weight excluding hydrogens is 316 g/mol. The molecule has 4 N–H and O–H groups in total. The third kappa shape index (κ3) is 2.77. The van der Waals surface area contributed by atoms with Gasteiger partial charge in [0.1, 0.15) is 0 Å². The van der Waals surface area contributed by atoms with E-state index in [9.17, 15) is 0 Å². The Morgan fingerprint density at radius 2 is 2.10 bits per heavy atom. The van der Waals surface area contributed by atoms with Crippen LogP contribution in [0.4, 0.5) is 11.4 Å². The fraction of sp³-hybridized carbons (Fsp3) is 0.133. The smallest absolute Gasteiger partial charge is 0.0931 e. The number of nitrogen functional groups attached to an aromatic ring is 1. The molecular formula is C15H15BrN4. The molecule has 0 aliphatic rings. The summed E-state index contributed by atoms with van der Waals surface area (Å²) < 4.78 is 0.991. The molecule has 0 spiro atoms. The minimum absolute atomic E-state index is 0.753. The highest BCUT2D eigenvalue weighted by Crippen LogP contribution is 2.23. The van der Waals surface area contributed by atoms with Crippen LogP contribution in [-0.2, 0) is 6.42 Å². The van der Waals surface area contributed by atoms with Gasteiger partial charge in [-0.05, 0) is 42.3 Å². The summed E-state index contributed by atoms with van der Waals surface area (Å²) >= 11 is 3.40. The molecule has 0 atom stereocenters. The van der Waals surface area contributed by atoms with Gasteiger partial charge < -0.3 is 16.0 Å². The van der Waals surface area contributed by atoms with Crippen molar-refractivity contribution >= 4 is 38.3 Å². The molecule has 1 heterocycles. The first kappa shape index (κ1) is 13.0. The normalized spacial score (nSPS) is 10.8. The molecule has 0 aliphatic heterocycles. The van der Waals surface area contributed by atoms with Crippen LogP contribution in [0.5, 0.6) is 0 Å². The molecule has 0 saturated heterocycles. The van der Waals surface area contributed by atoms with Crippen LogP contribution in [0.2, 0.25) is 0 Å². The molecule has 3 rings (SSSR count). The number of benzene rings is 2. The number of nitrogens with two attached hydrogens (primary N) is 1. The van der Waals surface area contributed by atoms with E-state index >= 15 is 0 Å². The fourth-order valence-corrected chi connectivity index (χ4v) is 2.55. The van der Waals surface area contributed by atoms with Gasteiger partial charge in [0.2, 0.25) is 0 Å². The molecule has 2 aromatic carbocycles. The molecule has 0 aliphatic carbocycles. The van der Waals surface area contributed by atoms with Crippen molar-refractivity contribution in [3.63, 3.8) is 0 Å². The number of aromatic amines is 1. The second-order valence-corrected chi connectivity index (χ2v) is 5.58. The summed E-state index contributed by atoms with van der Waals surface area (Å²) in [5, 5.41) is 3.36. The van der Waals surface area contributed by atoms with E-state index in [4.69, 9.17) is 5.73 Å². The van der Waals surface area contributed by atoms with Crippen LogP contribution in [0.1, 0.15) is 5.56 Å². The van der Waals surface area contributed by atoms with Crippen molar-refractivity contribution in [1.82, 2.24) is 9.97 Å². The van der Waals surface area contributed by atoms with Crippen molar-refractivity contribution in [3.8, 4) is 0 Å². The quantitative estimate of drug-likeness (QED) is 0.641. The van der Waals surface area contributed by atoms with Gasteiger partial charge in [-0.25, -0.2) is 4.98 Å². The van der Waals surface area contributed by atoms with E-state index in [-0.39, 0.29) is 0 Å². The van der Waals surface area contributed by atoms with Crippen LogP contribution >= 0.6 is 15.9 Å². The molecule has 3 aromatic rings. The lowest BCUT2D eigenvalue weighted by Gasteiger charge is -2.09. The van der Waals surface area contributed by atoms with Gasteiger partial charge in [0.05, 0.1) is 28.7 Å². The Hall–Kier alpha value is -2.01. The van der Waals surface area contributed by atoms with Crippen molar-refractivity contribution in [3.05, 3.63) is 52.8 Å². The lowest BCUT2D eigenvalue weighted by Crippen LogP contribution is -2.06. The van der Waals surface area contributed by atoms with Gasteiger partial charge in [-0.15, -0.1) is 0 Å². The van der Waals surface area contributed by atoms with Gasteiger partial charge in [-0.2, -0.15) is 0 Å². The number of hydrogen-bond acceptors (Lipinski definition) is 3. The van der Waals surface area contributed by atoms with E-state index in [0.717, 1.165) is 39.8 Å². The second-order valence-electron chi connectivity index (χ2n) is 4.66. The van der Waals surface area contributed by atoms with E-state index in [2.05, 4.69) is 43.3 Å². The average Bonchev–Trinajstić information content (AvgIpc) is 2.89. The lowest BCUT2D eigenvalue weighted by atomic mass is 10.1. The van der Waals surface area contributed by atoms with Crippen molar-refractivity contribution in [1.29, 1.82) is 0 Å². The van der Waals surface area contributed by atoms with Crippen LogP contribution in [0.3, 0.4) is 0 Å². The number of H-pyrrole nitrogens is 1.